The Morgan fingerprint density at radius 3 is 2.79 bits per heavy atom. The summed E-state index contributed by atoms with van der Waals surface area (Å²) in [5.41, 5.74) is 3.76. The highest BCUT2D eigenvalue weighted by Crippen LogP contribution is 2.28. The van der Waals surface area contributed by atoms with Crippen LogP contribution in [0, 0.1) is 12.8 Å². The van der Waals surface area contributed by atoms with E-state index in [9.17, 15) is 4.79 Å². The van der Waals surface area contributed by atoms with E-state index in [1.165, 1.54) is 0 Å². The van der Waals surface area contributed by atoms with Crippen LogP contribution in [0.1, 0.15) is 18.4 Å². The van der Waals surface area contributed by atoms with E-state index in [0.29, 0.717) is 11.7 Å². The lowest BCUT2D eigenvalue weighted by molar-refractivity contribution is 0.332. The Morgan fingerprint density at radius 1 is 1.29 bits per heavy atom. The number of ether oxygens (including phenoxy) is 1. The molecule has 7 nitrogen and oxygen atoms in total. The molecule has 0 saturated carbocycles. The second kappa shape index (κ2) is 7.67. The minimum atomic E-state index is 0.0102. The van der Waals surface area contributed by atoms with Crippen LogP contribution in [0.3, 0.4) is 0 Å². The van der Waals surface area contributed by atoms with E-state index < -0.39 is 0 Å². The minimum absolute atomic E-state index is 0.0102. The molecular formula is C21H27N5O2. The summed E-state index contributed by atoms with van der Waals surface area (Å²) in [4.78, 5) is 17.5. The molecule has 7 heteroatoms. The van der Waals surface area contributed by atoms with Crippen molar-refractivity contribution in [2.75, 3.05) is 25.5 Å². The third-order valence-electron chi connectivity index (χ3n) is 5.63. The lowest BCUT2D eigenvalue weighted by atomic mass is 9.98. The Morgan fingerprint density at radius 2 is 2.07 bits per heavy atom. The number of nitrogens with one attached hydrogen (secondary N) is 2. The molecule has 1 aliphatic rings. The van der Waals surface area contributed by atoms with Crippen molar-refractivity contribution in [3.05, 3.63) is 46.5 Å². The molecule has 0 aliphatic carbocycles. The van der Waals surface area contributed by atoms with E-state index in [4.69, 9.17) is 4.74 Å². The molecule has 0 unspecified atom stereocenters. The summed E-state index contributed by atoms with van der Waals surface area (Å²) in [5.74, 6) is 2.03. The van der Waals surface area contributed by atoms with Crippen LogP contribution in [-0.2, 0) is 13.6 Å². The Balaban J connectivity index is 1.72. The van der Waals surface area contributed by atoms with Crippen molar-refractivity contribution in [3.63, 3.8) is 0 Å². The third kappa shape index (κ3) is 3.38. The predicted octanol–water partition coefficient (Wildman–Crippen LogP) is 2.80. The lowest BCUT2D eigenvalue weighted by Gasteiger charge is -2.22. The van der Waals surface area contributed by atoms with Crippen molar-refractivity contribution in [2.45, 2.75) is 26.3 Å². The average Bonchev–Trinajstić information content (AvgIpc) is 2.96. The van der Waals surface area contributed by atoms with Crippen molar-refractivity contribution in [1.82, 2.24) is 19.4 Å². The summed E-state index contributed by atoms with van der Waals surface area (Å²) in [6.07, 6.45) is 3.97. The summed E-state index contributed by atoms with van der Waals surface area (Å²) < 4.78 is 8.89. The van der Waals surface area contributed by atoms with Gasteiger partial charge in [-0.25, -0.2) is 9.78 Å². The average molecular weight is 381 g/mol. The van der Waals surface area contributed by atoms with Gasteiger partial charge in [0.15, 0.2) is 5.82 Å². The van der Waals surface area contributed by atoms with Gasteiger partial charge < -0.3 is 15.4 Å². The quantitative estimate of drug-likeness (QED) is 0.711. The van der Waals surface area contributed by atoms with Crippen LogP contribution in [-0.4, -0.2) is 34.3 Å². The molecule has 0 spiro atoms. The third-order valence-corrected chi connectivity index (χ3v) is 5.63. The molecule has 1 fully saturated rings. The molecule has 1 aliphatic heterocycles. The molecule has 0 amide bonds. The fourth-order valence-corrected chi connectivity index (χ4v) is 3.99. The molecule has 148 valence electrons. The van der Waals surface area contributed by atoms with Gasteiger partial charge in [-0.05, 0) is 68.6 Å². The maximum Gasteiger partial charge on any atom is 0.328 e. The van der Waals surface area contributed by atoms with Crippen LogP contribution in [0.25, 0.3) is 11.0 Å². The summed E-state index contributed by atoms with van der Waals surface area (Å²) in [5, 5.41) is 6.79. The Hall–Kier alpha value is -2.80. The summed E-state index contributed by atoms with van der Waals surface area (Å²) in [7, 11) is 3.47. The van der Waals surface area contributed by atoms with Gasteiger partial charge in [0.05, 0.1) is 12.6 Å². The largest absolute Gasteiger partial charge is 0.497 e. The highest BCUT2D eigenvalue weighted by molar-refractivity contribution is 5.88. The molecule has 2 aromatic heterocycles. The van der Waals surface area contributed by atoms with Crippen LogP contribution in [0.4, 0.5) is 11.5 Å². The first-order valence-electron chi connectivity index (χ1n) is 9.75. The number of nitrogens with zero attached hydrogens (tertiary/aromatic N) is 3. The second-order valence-corrected chi connectivity index (χ2v) is 7.48. The number of rotatable bonds is 5. The fraction of sp³-hybridized carbons (Fsp3) is 0.429. The van der Waals surface area contributed by atoms with E-state index in [2.05, 4.69) is 15.6 Å². The summed E-state index contributed by atoms with van der Waals surface area (Å²) in [6, 6.07) is 7.79. The van der Waals surface area contributed by atoms with Crippen LogP contribution < -0.4 is 21.1 Å². The first-order valence-corrected chi connectivity index (χ1v) is 9.75. The molecule has 3 heterocycles. The summed E-state index contributed by atoms with van der Waals surface area (Å²) in [6.45, 7) is 4.82. The normalized spacial score (nSPS) is 15.1. The van der Waals surface area contributed by atoms with E-state index in [1.54, 1.807) is 17.9 Å². The van der Waals surface area contributed by atoms with Crippen molar-refractivity contribution in [2.24, 2.45) is 13.0 Å². The number of anilines is 2. The number of imidazole rings is 1. The van der Waals surface area contributed by atoms with E-state index in [-0.39, 0.29) is 5.69 Å². The van der Waals surface area contributed by atoms with Crippen molar-refractivity contribution in [1.29, 1.82) is 0 Å². The topological polar surface area (TPSA) is 73.1 Å². The minimum Gasteiger partial charge on any atom is -0.497 e. The number of aryl methyl sites for hydroxylation is 2. The number of hydrogen-bond donors (Lipinski definition) is 2. The first-order chi connectivity index (χ1) is 13.6. The zero-order valence-corrected chi connectivity index (χ0v) is 16.7. The number of aromatic nitrogens is 3. The van der Waals surface area contributed by atoms with Gasteiger partial charge in [-0.15, -0.1) is 0 Å². The molecule has 28 heavy (non-hydrogen) atoms. The van der Waals surface area contributed by atoms with Gasteiger partial charge in [-0.3, -0.25) is 9.13 Å². The molecule has 0 atom stereocenters. The van der Waals surface area contributed by atoms with Gasteiger partial charge in [-0.1, -0.05) is 0 Å². The number of methoxy groups -OCH3 is 1. The SMILES string of the molecule is COc1ccc(Nc2nccc3c2n(C)c(=O)n3CC2CCNCC2)c(C)c1. The monoisotopic (exact) mass is 381 g/mol. The van der Waals surface area contributed by atoms with Gasteiger partial charge in [0.1, 0.15) is 11.3 Å². The molecule has 1 aromatic carbocycles. The van der Waals surface area contributed by atoms with Crippen LogP contribution in [0.2, 0.25) is 0 Å². The maximum atomic E-state index is 13.0. The van der Waals surface area contributed by atoms with Gasteiger partial charge >= 0.3 is 5.69 Å². The molecule has 2 N–H and O–H groups in total. The van der Waals surface area contributed by atoms with Crippen LogP contribution in [0.15, 0.2) is 35.3 Å². The molecule has 0 bridgehead atoms. The molecule has 3 aromatic rings. The number of hydrogen-bond acceptors (Lipinski definition) is 5. The lowest BCUT2D eigenvalue weighted by Crippen LogP contribution is -2.32. The number of benzene rings is 1. The number of piperidine rings is 1. The number of fused-ring (bicyclic) bond motifs is 1. The summed E-state index contributed by atoms with van der Waals surface area (Å²) >= 11 is 0. The van der Waals surface area contributed by atoms with Crippen LogP contribution >= 0.6 is 0 Å². The van der Waals surface area contributed by atoms with Gasteiger partial charge in [-0.2, -0.15) is 0 Å². The van der Waals surface area contributed by atoms with Gasteiger partial charge in [0.25, 0.3) is 0 Å². The second-order valence-electron chi connectivity index (χ2n) is 7.48. The zero-order valence-electron chi connectivity index (χ0n) is 16.7. The first kappa shape index (κ1) is 18.6. The Labute approximate surface area is 164 Å². The van der Waals surface area contributed by atoms with Crippen LogP contribution in [0.5, 0.6) is 5.75 Å². The highest BCUT2D eigenvalue weighted by atomic mass is 16.5. The highest BCUT2D eigenvalue weighted by Gasteiger charge is 2.20. The van der Waals surface area contributed by atoms with Crippen molar-refractivity contribution in [3.8, 4) is 5.75 Å². The van der Waals surface area contributed by atoms with Crippen molar-refractivity contribution < 1.29 is 4.74 Å². The van der Waals surface area contributed by atoms with Crippen molar-refractivity contribution >= 4 is 22.5 Å². The van der Waals surface area contributed by atoms with E-state index in [1.807, 2.05) is 42.8 Å². The maximum absolute atomic E-state index is 13.0. The predicted molar refractivity (Wildman–Crippen MR) is 112 cm³/mol. The smallest absolute Gasteiger partial charge is 0.328 e. The van der Waals surface area contributed by atoms with Gasteiger partial charge in [0.2, 0.25) is 0 Å². The Bertz CT molecular complexity index is 1050. The molecular weight excluding hydrogens is 354 g/mol. The number of pyridine rings is 1. The molecule has 4 rings (SSSR count). The molecule has 1 saturated heterocycles. The standard InChI is InChI=1S/C21H27N5O2/c1-14-12-16(28-3)4-5-17(14)24-20-19-18(8-11-23-20)26(21(27)25(19)2)13-15-6-9-22-10-7-15/h4-5,8,11-12,15,22H,6-7,9-10,13H2,1-3H3,(H,23,24). The van der Waals surface area contributed by atoms with E-state index >= 15 is 0 Å². The van der Waals surface area contributed by atoms with E-state index in [0.717, 1.165) is 60.5 Å². The fourth-order valence-electron chi connectivity index (χ4n) is 3.99. The molecule has 0 radical (unpaired) electrons. The zero-order chi connectivity index (χ0) is 19.7. The van der Waals surface area contributed by atoms with Gasteiger partial charge in [0, 0.05) is 25.5 Å². The Kier molecular flexibility index (Phi) is 5.09.